The first-order valence-electron chi connectivity index (χ1n) is 17.6. The Balaban J connectivity index is 1.49. The molecule has 1 aromatic carbocycles. The highest BCUT2D eigenvalue weighted by atomic mass is 19.4. The highest BCUT2D eigenvalue weighted by molar-refractivity contribution is 6.00. The lowest BCUT2D eigenvalue weighted by molar-refractivity contribution is -0.167. The van der Waals surface area contributed by atoms with E-state index in [9.17, 15) is 37.1 Å². The summed E-state index contributed by atoms with van der Waals surface area (Å²) in [6.45, 7) is 13.3. The molecule has 0 spiro atoms. The Kier molecular flexibility index (Phi) is 12.3. The number of cyclic esters (lactones) is 1. The first kappa shape index (κ1) is 39.5. The average Bonchev–Trinajstić information content (AvgIpc) is 3.64. The molecule has 2 aliphatic rings. The maximum absolute atomic E-state index is 14.0. The van der Waals surface area contributed by atoms with Gasteiger partial charge in [-0.3, -0.25) is 19.1 Å². The van der Waals surface area contributed by atoms with Crippen molar-refractivity contribution in [2.24, 2.45) is 29.6 Å². The van der Waals surface area contributed by atoms with E-state index in [1.807, 2.05) is 33.0 Å². The monoisotopic (exact) mass is 720 g/mol. The Morgan fingerprint density at radius 3 is 2.33 bits per heavy atom. The molecule has 51 heavy (non-hydrogen) atoms. The van der Waals surface area contributed by atoms with Crippen LogP contribution in [0.3, 0.4) is 0 Å². The number of nitrogens with one attached hydrogen (secondary N) is 1. The third-order valence-electron chi connectivity index (χ3n) is 10.2. The molecule has 0 radical (unpaired) electrons. The van der Waals surface area contributed by atoms with E-state index in [0.29, 0.717) is 49.9 Å². The minimum absolute atomic E-state index is 0.0222. The number of Topliss-reactive ketones (excluding diaryl/α,β-unsaturated/α-hetero) is 2. The van der Waals surface area contributed by atoms with Crippen LogP contribution in [0, 0.1) is 29.6 Å². The van der Waals surface area contributed by atoms with Gasteiger partial charge >= 0.3 is 24.1 Å². The minimum atomic E-state index is -5.02. The van der Waals surface area contributed by atoms with Gasteiger partial charge in [0.15, 0.2) is 17.3 Å². The van der Waals surface area contributed by atoms with Gasteiger partial charge in [0.05, 0.1) is 12.2 Å². The number of amides is 2. The van der Waals surface area contributed by atoms with Crippen LogP contribution in [0.4, 0.5) is 23.7 Å². The van der Waals surface area contributed by atoms with Crippen molar-refractivity contribution in [2.45, 2.75) is 111 Å². The fourth-order valence-corrected chi connectivity index (χ4v) is 7.58. The molecule has 1 unspecified atom stereocenters. The number of aryl methyl sites for hydroxylation is 1. The molecule has 2 N–H and O–H groups in total. The lowest BCUT2D eigenvalue weighted by Gasteiger charge is -2.38. The number of rotatable bonds is 8. The number of carbonyl (C=O) groups is 4. The Bertz CT molecular complexity index is 1610. The number of anilines is 1. The Hall–Kier alpha value is -4.30. The predicted octanol–water partition coefficient (Wildman–Crippen LogP) is 6.22. The standard InChI is InChI=1S/C36H48F3N5O7/c1-8-28-35(7)31(23(5)29(45)21(3)16-20(2)17-22(4)30(46)24(6)32(47)50-28)44(34(49)51-35)15-10-9-14-43-19-27(41-42-43)25-12-11-13-26(18-25)40-33(48)36(37,38)39/h11-13,18-24,28,31H,8-10,14-17H2,1-7H3,(H,40,48)/p+1/t20-,21+,22+,23-,24+,28+,31?,35+/m0/s1. The molecule has 12 nitrogen and oxygen atoms in total. The zero-order chi connectivity index (χ0) is 37.8. The fourth-order valence-electron chi connectivity index (χ4n) is 7.58. The minimum Gasteiger partial charge on any atom is -0.434 e. The number of hydrogen-bond acceptors (Lipinski definition) is 8. The summed E-state index contributed by atoms with van der Waals surface area (Å²) in [5.74, 6) is -4.81. The summed E-state index contributed by atoms with van der Waals surface area (Å²) in [7, 11) is 0. The molecule has 1 aromatic heterocycles. The smallest absolute Gasteiger partial charge is 0.434 e. The van der Waals surface area contributed by atoms with E-state index in [1.54, 1.807) is 42.6 Å². The summed E-state index contributed by atoms with van der Waals surface area (Å²) >= 11 is 0. The van der Waals surface area contributed by atoms with Gasteiger partial charge in [-0.25, -0.2) is 4.79 Å². The van der Waals surface area contributed by atoms with Gasteiger partial charge < -0.3 is 24.5 Å². The third kappa shape index (κ3) is 8.96. The van der Waals surface area contributed by atoms with E-state index >= 15 is 0 Å². The number of aromatic nitrogens is 3. The predicted molar refractivity (Wildman–Crippen MR) is 182 cm³/mol. The third-order valence-corrected chi connectivity index (χ3v) is 10.2. The summed E-state index contributed by atoms with van der Waals surface area (Å²) in [6.07, 6.45) is -2.32. The number of carbonyl (C=O) groups excluding carboxylic acids is 5. The van der Waals surface area contributed by atoms with Crippen LogP contribution in [0.5, 0.6) is 0 Å². The lowest BCUT2D eigenvalue weighted by atomic mass is 9.75. The molecule has 2 aromatic rings. The highest BCUT2D eigenvalue weighted by Crippen LogP contribution is 2.41. The molecule has 2 fully saturated rings. The van der Waals surface area contributed by atoms with Crippen molar-refractivity contribution in [3.8, 4) is 11.3 Å². The van der Waals surface area contributed by atoms with Crippen molar-refractivity contribution < 1.29 is 46.6 Å². The van der Waals surface area contributed by atoms with Crippen LogP contribution < -0.4 is 5.32 Å². The zero-order valence-electron chi connectivity index (χ0n) is 30.2. The Morgan fingerprint density at radius 1 is 1.04 bits per heavy atom. The van der Waals surface area contributed by atoms with Crippen molar-refractivity contribution in [3.05, 3.63) is 30.5 Å². The summed E-state index contributed by atoms with van der Waals surface area (Å²) in [5.41, 5.74) is -0.512. The number of hydrogen-bond donors (Lipinski definition) is 1. The average molecular weight is 721 g/mol. The van der Waals surface area contributed by atoms with Crippen molar-refractivity contribution in [2.75, 3.05) is 11.9 Å². The van der Waals surface area contributed by atoms with Crippen LogP contribution in [0.2, 0.25) is 0 Å². The molecule has 8 atom stereocenters. The lowest BCUT2D eigenvalue weighted by Crippen LogP contribution is -2.57. The van der Waals surface area contributed by atoms with Gasteiger partial charge in [0.25, 0.3) is 0 Å². The normalized spacial score (nSPS) is 29.6. The first-order chi connectivity index (χ1) is 23.9. The molecule has 0 bridgehead atoms. The molecule has 280 valence electrons. The molecule has 2 amide bonds. The fraction of sp³-hybridized carbons (Fsp3) is 0.639. The quantitative estimate of drug-likeness (QED) is 0.146. The molecule has 0 aliphatic carbocycles. The second-order valence-electron chi connectivity index (χ2n) is 14.3. The summed E-state index contributed by atoms with van der Waals surface area (Å²) in [4.78, 5) is 64.6. The van der Waals surface area contributed by atoms with Crippen LogP contribution in [0.15, 0.2) is 30.5 Å². The molecule has 4 rings (SSSR count). The highest BCUT2D eigenvalue weighted by Gasteiger charge is 2.62. The summed E-state index contributed by atoms with van der Waals surface area (Å²) in [6, 6.07) is 5.12. The van der Waals surface area contributed by atoms with Crippen molar-refractivity contribution in [1.82, 2.24) is 19.9 Å². The van der Waals surface area contributed by atoms with Crippen LogP contribution in [0.25, 0.3) is 11.3 Å². The van der Waals surface area contributed by atoms with Crippen LogP contribution in [-0.4, -0.2) is 84.7 Å². The number of esters is 1. The second kappa shape index (κ2) is 15.9. The van der Waals surface area contributed by atoms with Gasteiger partial charge in [-0.1, -0.05) is 52.0 Å². The van der Waals surface area contributed by atoms with E-state index < -0.39 is 53.7 Å². The molecule has 3 heterocycles. The van der Waals surface area contributed by atoms with Crippen molar-refractivity contribution in [1.29, 1.82) is 0 Å². The van der Waals surface area contributed by atoms with E-state index in [-0.39, 0.29) is 41.6 Å². The first-order valence-corrected chi connectivity index (χ1v) is 17.6. The van der Waals surface area contributed by atoms with Crippen LogP contribution in [-0.2, 0) is 30.4 Å². The number of unbranched alkanes of at least 4 members (excludes halogenated alkanes) is 1. The molecule has 2 aliphatic heterocycles. The summed E-state index contributed by atoms with van der Waals surface area (Å²) in [5, 5.41) is 10.1. The van der Waals surface area contributed by atoms with Crippen LogP contribution in [0.1, 0.15) is 80.6 Å². The number of alkyl halides is 3. The van der Waals surface area contributed by atoms with Crippen molar-refractivity contribution in [3.63, 3.8) is 0 Å². The molecule has 2 saturated heterocycles. The van der Waals surface area contributed by atoms with Gasteiger partial charge in [-0.15, -0.1) is 5.10 Å². The number of fused-ring (bicyclic) bond motifs is 1. The maximum atomic E-state index is 14.0. The number of benzene rings is 1. The number of nitrogens with zero attached hydrogens (tertiary/aromatic N) is 4. The van der Waals surface area contributed by atoms with E-state index in [0.717, 1.165) is 0 Å². The van der Waals surface area contributed by atoms with Gasteiger partial charge in [-0.05, 0) is 57.6 Å². The largest absolute Gasteiger partial charge is 0.493 e. The Labute approximate surface area is 295 Å². The van der Waals surface area contributed by atoms with Gasteiger partial charge in [0, 0.05) is 48.5 Å². The number of ether oxygens (including phenoxy) is 2. The molecular weight excluding hydrogens is 671 g/mol. The van der Waals surface area contributed by atoms with Crippen LogP contribution >= 0.6 is 0 Å². The van der Waals surface area contributed by atoms with Gasteiger partial charge in [0.1, 0.15) is 11.5 Å². The molecule has 15 heteroatoms. The summed E-state index contributed by atoms with van der Waals surface area (Å²) < 4.78 is 51.7. The Morgan fingerprint density at radius 2 is 1.69 bits per heavy atom. The van der Waals surface area contributed by atoms with Gasteiger partial charge in [0.2, 0.25) is 6.10 Å². The maximum Gasteiger partial charge on any atom is 0.493 e. The number of halogens is 3. The van der Waals surface area contributed by atoms with Crippen molar-refractivity contribution >= 4 is 35.2 Å². The zero-order valence-corrected chi connectivity index (χ0v) is 30.2. The SMILES string of the molecule is CC[C@H]1OC(=[OH+])[C@H](C)C(=O)[C@H](C)C[C@@H](C)C[C@@H](C)C(=O)[C@H](C)C2N(CCCCn3cc(-c4cccc(NC(=O)C(F)(F)F)c4)nn3)C(=O)O[C@@]21C. The molecular formula is C36H49F3N5O7+. The van der Waals surface area contributed by atoms with E-state index in [1.165, 1.54) is 18.2 Å². The number of ketones is 2. The topological polar surface area (TPSA) is 154 Å². The van der Waals surface area contributed by atoms with E-state index in [2.05, 4.69) is 10.3 Å². The molecule has 0 saturated carbocycles. The van der Waals surface area contributed by atoms with Gasteiger partial charge in [-0.2, -0.15) is 13.2 Å². The second-order valence-corrected chi connectivity index (χ2v) is 14.3. The van der Waals surface area contributed by atoms with E-state index in [4.69, 9.17) is 9.47 Å².